The van der Waals surface area contributed by atoms with Gasteiger partial charge >= 0.3 is 0 Å². The van der Waals surface area contributed by atoms with Crippen molar-refractivity contribution in [2.24, 2.45) is 5.92 Å². The molecule has 0 amide bonds. The highest BCUT2D eigenvalue weighted by atomic mass is 16.5. The van der Waals surface area contributed by atoms with Gasteiger partial charge in [-0.2, -0.15) is 0 Å². The highest BCUT2D eigenvalue weighted by Crippen LogP contribution is 2.28. The van der Waals surface area contributed by atoms with Crippen LogP contribution in [-0.2, 0) is 0 Å². The molecule has 0 bridgehead atoms. The van der Waals surface area contributed by atoms with E-state index in [-0.39, 0.29) is 0 Å². The maximum absolute atomic E-state index is 5.48. The number of hydrogen-bond donors (Lipinski definition) is 0. The van der Waals surface area contributed by atoms with Gasteiger partial charge in [0.25, 0.3) is 0 Å². The molecular formula is C9H10BNO. The molecule has 0 saturated heterocycles. The van der Waals surface area contributed by atoms with Gasteiger partial charge in [-0.15, -0.1) is 0 Å². The third-order valence-electron chi connectivity index (χ3n) is 1.92. The average Bonchev–Trinajstić information content (AvgIpc) is 2.87. The summed E-state index contributed by atoms with van der Waals surface area (Å²) in [5.41, 5.74) is 0.675. The van der Waals surface area contributed by atoms with E-state index in [9.17, 15) is 0 Å². The standard InChI is InChI=1S/C9H10BNO/c10-8-3-4-9(11-5-8)12-6-7-1-2-7/h3-5,7H,1-2,6H2. The Bertz CT molecular complexity index is 256. The first-order valence-electron chi connectivity index (χ1n) is 4.19. The molecule has 0 unspecified atom stereocenters. The summed E-state index contributed by atoms with van der Waals surface area (Å²) in [6.45, 7) is 0.802. The number of rotatable bonds is 3. The van der Waals surface area contributed by atoms with Crippen LogP contribution in [-0.4, -0.2) is 19.4 Å². The zero-order valence-corrected chi connectivity index (χ0v) is 6.86. The van der Waals surface area contributed by atoms with Crippen molar-refractivity contribution in [2.75, 3.05) is 6.61 Å². The second-order valence-electron chi connectivity index (χ2n) is 3.18. The Kier molecular flexibility index (Phi) is 2.02. The molecule has 0 aliphatic heterocycles. The second kappa shape index (κ2) is 3.17. The molecule has 2 radical (unpaired) electrons. The Morgan fingerprint density at radius 1 is 1.50 bits per heavy atom. The fourth-order valence-electron chi connectivity index (χ4n) is 0.965. The van der Waals surface area contributed by atoms with Gasteiger partial charge in [-0.3, -0.25) is 0 Å². The number of aromatic nitrogens is 1. The van der Waals surface area contributed by atoms with Crippen LogP contribution < -0.4 is 10.2 Å². The molecule has 12 heavy (non-hydrogen) atoms. The second-order valence-corrected chi connectivity index (χ2v) is 3.18. The number of hydrogen-bond acceptors (Lipinski definition) is 2. The zero-order chi connectivity index (χ0) is 8.39. The third-order valence-corrected chi connectivity index (χ3v) is 1.92. The van der Waals surface area contributed by atoms with Gasteiger partial charge < -0.3 is 4.74 Å². The van der Waals surface area contributed by atoms with Crippen molar-refractivity contribution in [2.45, 2.75) is 12.8 Å². The lowest BCUT2D eigenvalue weighted by molar-refractivity contribution is 0.288. The molecule has 1 aliphatic rings. The maximum atomic E-state index is 5.48. The molecular weight excluding hydrogens is 149 g/mol. The summed E-state index contributed by atoms with van der Waals surface area (Å²) in [6.07, 6.45) is 4.21. The van der Waals surface area contributed by atoms with Crippen LogP contribution in [0, 0.1) is 5.92 Å². The summed E-state index contributed by atoms with van der Waals surface area (Å²) < 4.78 is 5.42. The smallest absolute Gasteiger partial charge is 0.213 e. The predicted molar refractivity (Wildman–Crippen MR) is 47.8 cm³/mol. The van der Waals surface area contributed by atoms with E-state index in [1.165, 1.54) is 12.8 Å². The average molecular weight is 159 g/mol. The highest BCUT2D eigenvalue weighted by molar-refractivity contribution is 6.32. The lowest BCUT2D eigenvalue weighted by atomic mass is 9.99. The summed E-state index contributed by atoms with van der Waals surface area (Å²) in [4.78, 5) is 4.03. The van der Waals surface area contributed by atoms with Crippen LogP contribution in [0.15, 0.2) is 18.3 Å². The molecule has 0 N–H and O–H groups in total. The summed E-state index contributed by atoms with van der Waals surface area (Å²) in [6, 6.07) is 3.60. The minimum Gasteiger partial charge on any atom is -0.477 e. The Morgan fingerprint density at radius 2 is 2.33 bits per heavy atom. The summed E-state index contributed by atoms with van der Waals surface area (Å²) in [7, 11) is 5.48. The van der Waals surface area contributed by atoms with Crippen LogP contribution >= 0.6 is 0 Å². The van der Waals surface area contributed by atoms with Gasteiger partial charge in [-0.1, -0.05) is 11.5 Å². The van der Waals surface area contributed by atoms with Crippen LogP contribution in [0.1, 0.15) is 12.8 Å². The molecule has 3 heteroatoms. The summed E-state index contributed by atoms with van der Waals surface area (Å²) in [5, 5.41) is 0. The molecule has 1 fully saturated rings. The van der Waals surface area contributed by atoms with E-state index in [0.29, 0.717) is 11.3 Å². The maximum Gasteiger partial charge on any atom is 0.213 e. The van der Waals surface area contributed by atoms with E-state index in [1.807, 2.05) is 0 Å². The van der Waals surface area contributed by atoms with Crippen LogP contribution in [0.5, 0.6) is 5.88 Å². The van der Waals surface area contributed by atoms with Gasteiger partial charge in [0.05, 0.1) is 6.61 Å². The lowest BCUT2D eigenvalue weighted by Gasteiger charge is -2.02. The molecule has 2 nitrogen and oxygen atoms in total. The molecule has 0 spiro atoms. The minimum atomic E-state index is 0.675. The van der Waals surface area contributed by atoms with E-state index in [1.54, 1.807) is 18.3 Å². The number of ether oxygens (including phenoxy) is 1. The summed E-state index contributed by atoms with van der Waals surface area (Å²) >= 11 is 0. The van der Waals surface area contributed by atoms with Crippen molar-refractivity contribution in [3.8, 4) is 5.88 Å². The van der Waals surface area contributed by atoms with Crippen LogP contribution in [0.4, 0.5) is 0 Å². The molecule has 60 valence electrons. The van der Waals surface area contributed by atoms with Gasteiger partial charge in [0.2, 0.25) is 5.88 Å². The van der Waals surface area contributed by atoms with E-state index < -0.39 is 0 Å². The topological polar surface area (TPSA) is 22.1 Å². The Hall–Kier alpha value is -0.985. The molecule has 1 heterocycles. The van der Waals surface area contributed by atoms with Crippen molar-refractivity contribution < 1.29 is 4.74 Å². The first-order valence-corrected chi connectivity index (χ1v) is 4.19. The first-order chi connectivity index (χ1) is 5.84. The summed E-state index contributed by atoms with van der Waals surface area (Å²) in [5.74, 6) is 1.44. The monoisotopic (exact) mass is 159 g/mol. The van der Waals surface area contributed by atoms with E-state index in [0.717, 1.165) is 12.5 Å². The highest BCUT2D eigenvalue weighted by Gasteiger charge is 2.21. The van der Waals surface area contributed by atoms with E-state index >= 15 is 0 Å². The van der Waals surface area contributed by atoms with Crippen molar-refractivity contribution >= 4 is 13.3 Å². The molecule has 1 aromatic rings. The van der Waals surface area contributed by atoms with Crippen LogP contribution in [0.25, 0.3) is 0 Å². The molecule has 2 rings (SSSR count). The SMILES string of the molecule is [B]c1ccc(OCC2CC2)nc1. The van der Waals surface area contributed by atoms with Crippen molar-refractivity contribution in [3.63, 3.8) is 0 Å². The number of nitrogens with zero attached hydrogens (tertiary/aromatic N) is 1. The molecule has 1 saturated carbocycles. The van der Waals surface area contributed by atoms with Crippen molar-refractivity contribution in [1.82, 2.24) is 4.98 Å². The van der Waals surface area contributed by atoms with Gasteiger partial charge in [-0.05, 0) is 24.8 Å². The van der Waals surface area contributed by atoms with Crippen molar-refractivity contribution in [3.05, 3.63) is 18.3 Å². The molecule has 0 atom stereocenters. The Balaban J connectivity index is 1.89. The van der Waals surface area contributed by atoms with Gasteiger partial charge in [0.1, 0.15) is 7.85 Å². The van der Waals surface area contributed by atoms with E-state index in [2.05, 4.69) is 4.98 Å². The lowest BCUT2D eigenvalue weighted by Crippen LogP contribution is -2.05. The van der Waals surface area contributed by atoms with E-state index in [4.69, 9.17) is 12.6 Å². The molecule has 1 aliphatic carbocycles. The fourth-order valence-corrected chi connectivity index (χ4v) is 0.965. The quantitative estimate of drug-likeness (QED) is 0.604. The minimum absolute atomic E-state index is 0.675. The first kappa shape index (κ1) is 7.65. The number of pyridine rings is 1. The van der Waals surface area contributed by atoms with Gasteiger partial charge in [0.15, 0.2) is 0 Å². The van der Waals surface area contributed by atoms with Crippen molar-refractivity contribution in [1.29, 1.82) is 0 Å². The van der Waals surface area contributed by atoms with Gasteiger partial charge in [-0.25, -0.2) is 4.98 Å². The fraction of sp³-hybridized carbons (Fsp3) is 0.444. The molecule has 1 aromatic heterocycles. The third kappa shape index (κ3) is 2.00. The zero-order valence-electron chi connectivity index (χ0n) is 6.86. The normalized spacial score (nSPS) is 16.0. The molecule has 0 aromatic carbocycles. The van der Waals surface area contributed by atoms with Crippen LogP contribution in [0.2, 0.25) is 0 Å². The predicted octanol–water partition coefficient (Wildman–Crippen LogP) is 0.664. The van der Waals surface area contributed by atoms with Gasteiger partial charge in [0, 0.05) is 6.20 Å². The Labute approximate surface area is 73.4 Å². The Morgan fingerprint density at radius 3 is 2.92 bits per heavy atom. The van der Waals surface area contributed by atoms with Crippen LogP contribution in [0.3, 0.4) is 0 Å². The largest absolute Gasteiger partial charge is 0.477 e.